The molecule has 32 heavy (non-hydrogen) atoms. The molecule has 0 aliphatic carbocycles. The van der Waals surface area contributed by atoms with Crippen molar-refractivity contribution in [2.75, 3.05) is 31.5 Å². The van der Waals surface area contributed by atoms with E-state index in [1.54, 1.807) is 24.3 Å². The molecule has 2 aliphatic heterocycles. The SMILES string of the molecule is Cc1cc(NC(=O)c2ccccc2Cl)sc1C(=O)N1CCCC1CN1CC(C)OC(C)C1. The number of morpholine rings is 1. The Kier molecular flexibility index (Phi) is 7.20. The minimum Gasteiger partial charge on any atom is -0.373 e. The van der Waals surface area contributed by atoms with Gasteiger partial charge in [-0.1, -0.05) is 23.7 Å². The third-order valence-corrected chi connectivity index (χ3v) is 7.54. The van der Waals surface area contributed by atoms with E-state index in [1.165, 1.54) is 11.3 Å². The van der Waals surface area contributed by atoms with Crippen LogP contribution < -0.4 is 5.32 Å². The Morgan fingerprint density at radius 3 is 2.66 bits per heavy atom. The lowest BCUT2D eigenvalue weighted by Gasteiger charge is -2.38. The summed E-state index contributed by atoms with van der Waals surface area (Å²) in [6.45, 7) is 9.59. The predicted molar refractivity (Wildman–Crippen MR) is 129 cm³/mol. The molecule has 1 aromatic carbocycles. The van der Waals surface area contributed by atoms with Gasteiger partial charge in [0.25, 0.3) is 11.8 Å². The molecule has 2 fully saturated rings. The van der Waals surface area contributed by atoms with Crippen LogP contribution in [0.1, 0.15) is 52.3 Å². The van der Waals surface area contributed by atoms with Gasteiger partial charge in [0.15, 0.2) is 0 Å². The van der Waals surface area contributed by atoms with Crippen molar-refractivity contribution in [3.8, 4) is 0 Å². The lowest BCUT2D eigenvalue weighted by molar-refractivity contribution is -0.0715. The number of hydrogen-bond donors (Lipinski definition) is 1. The molecule has 2 aromatic rings. The maximum Gasteiger partial charge on any atom is 0.264 e. The van der Waals surface area contributed by atoms with Crippen LogP contribution in [-0.4, -0.2) is 66.0 Å². The molecule has 1 aromatic heterocycles. The summed E-state index contributed by atoms with van der Waals surface area (Å²) in [6, 6.07) is 9.02. The fourth-order valence-electron chi connectivity index (χ4n) is 4.74. The Hall–Kier alpha value is -1.93. The van der Waals surface area contributed by atoms with Crippen molar-refractivity contribution in [3.05, 3.63) is 51.4 Å². The molecule has 0 bridgehead atoms. The highest BCUT2D eigenvalue weighted by molar-refractivity contribution is 7.18. The molecule has 0 saturated carbocycles. The maximum absolute atomic E-state index is 13.4. The minimum atomic E-state index is -0.273. The van der Waals surface area contributed by atoms with E-state index in [-0.39, 0.29) is 30.1 Å². The fraction of sp³-hybridized carbons (Fsp3) is 0.500. The molecule has 2 saturated heterocycles. The molecular formula is C24H30ClN3O3S. The van der Waals surface area contributed by atoms with E-state index in [1.807, 2.05) is 17.9 Å². The molecule has 3 atom stereocenters. The number of halogens is 1. The molecule has 0 radical (unpaired) electrons. The number of anilines is 1. The molecule has 172 valence electrons. The van der Waals surface area contributed by atoms with Crippen LogP contribution in [0.25, 0.3) is 0 Å². The number of benzene rings is 1. The number of carbonyl (C=O) groups excluding carboxylic acids is 2. The summed E-state index contributed by atoms with van der Waals surface area (Å²) < 4.78 is 5.85. The van der Waals surface area contributed by atoms with E-state index in [2.05, 4.69) is 24.1 Å². The molecule has 2 amide bonds. The zero-order chi connectivity index (χ0) is 22.8. The van der Waals surface area contributed by atoms with E-state index in [0.717, 1.165) is 44.6 Å². The highest BCUT2D eigenvalue weighted by atomic mass is 35.5. The van der Waals surface area contributed by atoms with E-state index in [4.69, 9.17) is 16.3 Å². The lowest BCUT2D eigenvalue weighted by Crippen LogP contribution is -2.50. The number of amides is 2. The highest BCUT2D eigenvalue weighted by Crippen LogP contribution is 2.31. The second kappa shape index (κ2) is 9.91. The van der Waals surface area contributed by atoms with Crippen molar-refractivity contribution >= 4 is 39.8 Å². The van der Waals surface area contributed by atoms with Gasteiger partial charge in [-0.3, -0.25) is 14.5 Å². The quantitative estimate of drug-likeness (QED) is 0.682. The van der Waals surface area contributed by atoms with Gasteiger partial charge < -0.3 is 15.0 Å². The fourth-order valence-corrected chi connectivity index (χ4v) is 5.98. The summed E-state index contributed by atoms with van der Waals surface area (Å²) in [6.07, 6.45) is 2.47. The molecule has 6 nitrogen and oxygen atoms in total. The first kappa shape index (κ1) is 23.2. The first-order chi connectivity index (χ1) is 15.3. The topological polar surface area (TPSA) is 61.9 Å². The van der Waals surface area contributed by atoms with Crippen LogP contribution >= 0.6 is 22.9 Å². The van der Waals surface area contributed by atoms with Crippen LogP contribution in [0.4, 0.5) is 5.00 Å². The molecule has 3 unspecified atom stereocenters. The number of thiophene rings is 1. The normalized spacial score (nSPS) is 24.0. The van der Waals surface area contributed by atoms with Gasteiger partial charge >= 0.3 is 0 Å². The molecule has 0 spiro atoms. The average Bonchev–Trinajstić information content (AvgIpc) is 3.33. The number of nitrogens with one attached hydrogen (secondary N) is 1. The van der Waals surface area contributed by atoms with Crippen molar-refractivity contribution in [2.45, 2.75) is 51.9 Å². The molecule has 3 heterocycles. The van der Waals surface area contributed by atoms with E-state index in [0.29, 0.717) is 20.5 Å². The number of aryl methyl sites for hydroxylation is 1. The van der Waals surface area contributed by atoms with E-state index in [9.17, 15) is 9.59 Å². The van der Waals surface area contributed by atoms with Crippen LogP contribution in [0.15, 0.2) is 30.3 Å². The first-order valence-electron chi connectivity index (χ1n) is 11.2. The summed E-state index contributed by atoms with van der Waals surface area (Å²) >= 11 is 7.47. The van der Waals surface area contributed by atoms with Crippen molar-refractivity contribution < 1.29 is 14.3 Å². The summed E-state index contributed by atoms with van der Waals surface area (Å²) in [5, 5.41) is 3.95. The summed E-state index contributed by atoms with van der Waals surface area (Å²) in [5.41, 5.74) is 1.30. The Balaban J connectivity index is 1.44. The standard InChI is InChI=1S/C24H30ClN3O3S/c1-15-11-21(26-23(29)19-8-4-5-9-20(19)25)32-22(15)24(30)28-10-6-7-18(28)14-27-12-16(2)31-17(3)13-27/h4-5,8-9,11,16-18H,6-7,10,12-14H2,1-3H3,(H,26,29). The van der Waals surface area contributed by atoms with Crippen LogP contribution in [0, 0.1) is 6.92 Å². The van der Waals surface area contributed by atoms with Crippen molar-refractivity contribution in [3.63, 3.8) is 0 Å². The average molecular weight is 476 g/mol. The highest BCUT2D eigenvalue weighted by Gasteiger charge is 2.34. The molecule has 8 heteroatoms. The predicted octanol–water partition coefficient (Wildman–Crippen LogP) is 4.68. The van der Waals surface area contributed by atoms with Gasteiger partial charge in [-0.15, -0.1) is 11.3 Å². The number of ether oxygens (including phenoxy) is 1. The maximum atomic E-state index is 13.4. The number of carbonyl (C=O) groups is 2. The molecule has 1 N–H and O–H groups in total. The van der Waals surface area contributed by atoms with Crippen molar-refractivity contribution in [1.29, 1.82) is 0 Å². The summed E-state index contributed by atoms with van der Waals surface area (Å²) in [7, 11) is 0. The largest absolute Gasteiger partial charge is 0.373 e. The number of rotatable bonds is 5. The zero-order valence-corrected chi connectivity index (χ0v) is 20.3. The molecule has 2 aliphatic rings. The van der Waals surface area contributed by atoms with Gasteiger partial charge in [-0.2, -0.15) is 0 Å². The lowest BCUT2D eigenvalue weighted by atomic mass is 10.1. The van der Waals surface area contributed by atoms with Gasteiger partial charge in [-0.25, -0.2) is 0 Å². The Morgan fingerprint density at radius 2 is 1.94 bits per heavy atom. The number of hydrogen-bond acceptors (Lipinski definition) is 5. The van der Waals surface area contributed by atoms with E-state index < -0.39 is 0 Å². The van der Waals surface area contributed by atoms with Crippen LogP contribution in [0.3, 0.4) is 0 Å². The summed E-state index contributed by atoms with van der Waals surface area (Å²) in [4.78, 5) is 31.2. The van der Waals surface area contributed by atoms with E-state index >= 15 is 0 Å². The molecular weight excluding hydrogens is 446 g/mol. The molecule has 4 rings (SSSR count). The third kappa shape index (κ3) is 5.17. The van der Waals surface area contributed by atoms with Gasteiger partial charge in [0.1, 0.15) is 0 Å². The Bertz CT molecular complexity index is 985. The van der Waals surface area contributed by atoms with Gasteiger partial charge in [0, 0.05) is 32.2 Å². The summed E-state index contributed by atoms with van der Waals surface area (Å²) in [5.74, 6) is -0.215. The van der Waals surface area contributed by atoms with Crippen LogP contribution in [-0.2, 0) is 4.74 Å². The van der Waals surface area contributed by atoms with Gasteiger partial charge in [-0.05, 0) is 57.4 Å². The third-order valence-electron chi connectivity index (χ3n) is 6.07. The van der Waals surface area contributed by atoms with Gasteiger partial charge in [0.05, 0.1) is 32.7 Å². The number of likely N-dealkylation sites (tertiary alicyclic amines) is 1. The monoisotopic (exact) mass is 475 g/mol. The first-order valence-corrected chi connectivity index (χ1v) is 12.4. The Labute approximate surface area is 198 Å². The second-order valence-electron chi connectivity index (χ2n) is 8.83. The Morgan fingerprint density at radius 1 is 1.22 bits per heavy atom. The van der Waals surface area contributed by atoms with Crippen LogP contribution in [0.2, 0.25) is 5.02 Å². The van der Waals surface area contributed by atoms with Crippen LogP contribution in [0.5, 0.6) is 0 Å². The van der Waals surface area contributed by atoms with Crippen molar-refractivity contribution in [2.24, 2.45) is 0 Å². The zero-order valence-electron chi connectivity index (χ0n) is 18.8. The number of nitrogens with zero attached hydrogens (tertiary/aromatic N) is 2. The second-order valence-corrected chi connectivity index (χ2v) is 10.3. The smallest absolute Gasteiger partial charge is 0.264 e. The minimum absolute atomic E-state index is 0.0580. The van der Waals surface area contributed by atoms with Crippen molar-refractivity contribution in [1.82, 2.24) is 9.80 Å². The van der Waals surface area contributed by atoms with Gasteiger partial charge in [0.2, 0.25) is 0 Å².